The van der Waals surface area contributed by atoms with Crippen LogP contribution < -0.4 is 5.73 Å². The van der Waals surface area contributed by atoms with Crippen LogP contribution in [0, 0.1) is 0 Å². The summed E-state index contributed by atoms with van der Waals surface area (Å²) in [6.45, 7) is 2.54. The van der Waals surface area contributed by atoms with E-state index in [0.29, 0.717) is 38.9 Å². The van der Waals surface area contributed by atoms with Crippen LogP contribution in [0.15, 0.2) is 12.2 Å². The lowest BCUT2D eigenvalue weighted by Crippen LogP contribution is -2.44. The van der Waals surface area contributed by atoms with Gasteiger partial charge >= 0.3 is 26.8 Å². The van der Waals surface area contributed by atoms with Gasteiger partial charge in [-0.05, 0) is 45.4 Å². The highest BCUT2D eigenvalue weighted by Gasteiger charge is 2.54. The van der Waals surface area contributed by atoms with Gasteiger partial charge in [-0.3, -0.25) is 9.11 Å². The standard InChI is InChI=1S/C33H61NO13S2/c1-2-43-31(35)21-17-13-12-16-20-29-32-30(47-49(39,40)41)22-24-33(45-29,46-32)23-18-14-10-8-6-4-3-5-7-9-11-15-19-25-42-26-28(34)27-44-48(36,37)38/h17,21,28-30,32H,2-16,18-20,22-27,34H2,1H3,(H,36,37,38)(H,39,40,41)/b21-17+/t28-,29+,30+,32+,33-/m0/s1. The number of allylic oxidation sites excluding steroid dienone is 1. The van der Waals surface area contributed by atoms with Gasteiger partial charge in [-0.25, -0.2) is 13.2 Å². The summed E-state index contributed by atoms with van der Waals surface area (Å²) in [7, 11) is -9.08. The fraction of sp³-hybridized carbons (Fsp3) is 0.909. The monoisotopic (exact) mass is 743 g/mol. The third-order valence-electron chi connectivity index (χ3n) is 8.76. The summed E-state index contributed by atoms with van der Waals surface area (Å²) >= 11 is 0. The molecular weight excluding hydrogens is 682 g/mol. The van der Waals surface area contributed by atoms with Crippen molar-refractivity contribution >= 4 is 26.8 Å². The quantitative estimate of drug-likeness (QED) is 0.0347. The Kier molecular flexibility index (Phi) is 21.6. The van der Waals surface area contributed by atoms with E-state index in [0.717, 1.165) is 57.8 Å². The summed E-state index contributed by atoms with van der Waals surface area (Å²) in [5.74, 6) is -1.09. The molecule has 2 heterocycles. The van der Waals surface area contributed by atoms with E-state index in [1.165, 1.54) is 51.0 Å². The van der Waals surface area contributed by atoms with Gasteiger partial charge in [0, 0.05) is 25.5 Å². The van der Waals surface area contributed by atoms with Gasteiger partial charge in [-0.15, -0.1) is 0 Å². The van der Waals surface area contributed by atoms with Gasteiger partial charge in [0.2, 0.25) is 0 Å². The molecule has 0 aromatic carbocycles. The van der Waals surface area contributed by atoms with Crippen LogP contribution in [0.5, 0.6) is 0 Å². The lowest BCUT2D eigenvalue weighted by Gasteiger charge is -2.35. The van der Waals surface area contributed by atoms with Crippen molar-refractivity contribution in [1.82, 2.24) is 0 Å². The second-order valence-corrected chi connectivity index (χ2v) is 15.2. The maximum absolute atomic E-state index is 11.4. The number of esters is 1. The van der Waals surface area contributed by atoms with E-state index < -0.39 is 44.8 Å². The molecule has 2 aliphatic heterocycles. The Labute approximate surface area is 294 Å². The number of hydrogen-bond donors (Lipinski definition) is 3. The van der Waals surface area contributed by atoms with Gasteiger partial charge in [0.15, 0.2) is 5.79 Å². The van der Waals surface area contributed by atoms with Crippen LogP contribution in [-0.4, -0.2) is 88.5 Å². The van der Waals surface area contributed by atoms with E-state index in [4.69, 9.17) is 33.4 Å². The second-order valence-electron chi connectivity index (χ2n) is 13.1. The molecule has 0 spiro atoms. The van der Waals surface area contributed by atoms with Crippen molar-refractivity contribution in [2.24, 2.45) is 5.73 Å². The lowest BCUT2D eigenvalue weighted by atomic mass is 9.94. The summed E-state index contributed by atoms with van der Waals surface area (Å²) < 4.78 is 94.0. The second kappa shape index (κ2) is 24.1. The van der Waals surface area contributed by atoms with Crippen LogP contribution in [0.4, 0.5) is 0 Å². The largest absolute Gasteiger partial charge is 0.463 e. The van der Waals surface area contributed by atoms with E-state index in [2.05, 4.69) is 4.18 Å². The van der Waals surface area contributed by atoms with Crippen molar-refractivity contribution in [2.75, 3.05) is 26.4 Å². The molecule has 14 nitrogen and oxygen atoms in total. The third-order valence-corrected chi connectivity index (χ3v) is 9.69. The molecule has 0 radical (unpaired) electrons. The average molecular weight is 744 g/mol. The normalized spacial score (nSPS) is 23.3. The molecule has 0 amide bonds. The molecule has 2 fully saturated rings. The Hall–Kier alpha value is -1.21. The first-order valence-corrected chi connectivity index (χ1v) is 20.9. The van der Waals surface area contributed by atoms with Crippen LogP contribution in [0.25, 0.3) is 0 Å². The summed E-state index contributed by atoms with van der Waals surface area (Å²) in [6, 6.07) is -0.605. The average Bonchev–Trinajstić information content (AvgIpc) is 3.32. The Morgan fingerprint density at radius 1 is 0.857 bits per heavy atom. The van der Waals surface area contributed by atoms with E-state index in [1.54, 1.807) is 13.0 Å². The van der Waals surface area contributed by atoms with Crippen molar-refractivity contribution in [1.29, 1.82) is 0 Å². The van der Waals surface area contributed by atoms with Crippen LogP contribution in [0.3, 0.4) is 0 Å². The number of carbonyl (C=O) groups is 1. The fourth-order valence-electron chi connectivity index (χ4n) is 6.36. The number of ether oxygens (including phenoxy) is 4. The molecule has 2 aliphatic rings. The molecule has 288 valence electrons. The Balaban J connectivity index is 1.50. The molecule has 5 atom stereocenters. The zero-order valence-corrected chi connectivity index (χ0v) is 30.8. The van der Waals surface area contributed by atoms with Gasteiger partial charge in [0.1, 0.15) is 12.2 Å². The number of unbranched alkanes of at least 4 members (excludes halogenated alkanes) is 14. The minimum absolute atomic E-state index is 0.181. The van der Waals surface area contributed by atoms with Crippen LogP contribution in [0.2, 0.25) is 0 Å². The summed E-state index contributed by atoms with van der Waals surface area (Å²) in [5, 5.41) is 0. The van der Waals surface area contributed by atoms with Crippen LogP contribution in [0.1, 0.15) is 135 Å². The van der Waals surface area contributed by atoms with Gasteiger partial charge in [0.25, 0.3) is 0 Å². The highest BCUT2D eigenvalue weighted by molar-refractivity contribution is 7.81. The molecule has 0 saturated carbocycles. The zero-order chi connectivity index (χ0) is 36.0. The van der Waals surface area contributed by atoms with E-state index in [-0.39, 0.29) is 25.3 Å². The van der Waals surface area contributed by atoms with E-state index >= 15 is 0 Å². The highest BCUT2D eigenvalue weighted by atomic mass is 32.3. The maximum atomic E-state index is 11.4. The first kappa shape index (κ1) is 44.0. The molecule has 0 aliphatic carbocycles. The molecule has 16 heteroatoms. The minimum atomic E-state index is -4.60. The SMILES string of the molecule is CCOC(=O)/C=C/CCCC[C@H]1O[C@]2(CCCCCCCCCCCCCCCOC[C@H](N)COS(=O)(=O)O)CC[C@@H](OS(=O)(=O)O)[C@@H]1O2. The number of rotatable bonds is 30. The smallest absolute Gasteiger partial charge is 0.397 e. The van der Waals surface area contributed by atoms with Crippen molar-refractivity contribution in [3.05, 3.63) is 12.2 Å². The molecule has 49 heavy (non-hydrogen) atoms. The van der Waals surface area contributed by atoms with Crippen LogP contribution >= 0.6 is 0 Å². The van der Waals surface area contributed by atoms with Gasteiger partial charge in [0.05, 0.1) is 32.0 Å². The summed E-state index contributed by atoms with van der Waals surface area (Å²) in [4.78, 5) is 11.4. The summed E-state index contributed by atoms with van der Waals surface area (Å²) in [6.07, 6.45) is 21.2. The van der Waals surface area contributed by atoms with Crippen molar-refractivity contribution in [3.63, 3.8) is 0 Å². The molecule has 0 aromatic rings. The molecule has 2 rings (SSSR count). The molecule has 0 unspecified atom stereocenters. The zero-order valence-electron chi connectivity index (χ0n) is 29.2. The predicted octanol–water partition coefficient (Wildman–Crippen LogP) is 5.75. The number of fused-ring (bicyclic) bond motifs is 2. The third kappa shape index (κ3) is 21.0. The predicted molar refractivity (Wildman–Crippen MR) is 183 cm³/mol. The first-order chi connectivity index (χ1) is 23.3. The van der Waals surface area contributed by atoms with Crippen LogP contribution in [-0.2, 0) is 52.9 Å². The van der Waals surface area contributed by atoms with E-state index in [1.807, 2.05) is 0 Å². The minimum Gasteiger partial charge on any atom is -0.463 e. The van der Waals surface area contributed by atoms with Crippen molar-refractivity contribution in [2.45, 2.75) is 165 Å². The number of nitrogens with two attached hydrogens (primary N) is 1. The van der Waals surface area contributed by atoms with Gasteiger partial charge in [-0.2, -0.15) is 16.8 Å². The topological polar surface area (TPSA) is 207 Å². The van der Waals surface area contributed by atoms with E-state index in [9.17, 15) is 26.2 Å². The molecule has 2 bridgehead atoms. The molecule has 4 N–H and O–H groups in total. The Bertz CT molecular complexity index is 1150. The highest BCUT2D eigenvalue weighted by Crippen LogP contribution is 2.45. The van der Waals surface area contributed by atoms with Gasteiger partial charge in [-0.1, -0.05) is 83.1 Å². The fourth-order valence-corrected chi connectivity index (χ4v) is 7.22. The van der Waals surface area contributed by atoms with Crippen molar-refractivity contribution in [3.8, 4) is 0 Å². The van der Waals surface area contributed by atoms with Gasteiger partial charge < -0.3 is 24.7 Å². The first-order valence-electron chi connectivity index (χ1n) is 18.1. The number of carbonyl (C=O) groups excluding carboxylic acids is 1. The lowest BCUT2D eigenvalue weighted by molar-refractivity contribution is -0.212. The molecule has 0 aromatic heterocycles. The molecule has 2 saturated heterocycles. The Morgan fingerprint density at radius 2 is 1.47 bits per heavy atom. The molecular formula is C33H61NO13S2. The maximum Gasteiger partial charge on any atom is 0.397 e. The number of hydrogen-bond acceptors (Lipinski definition) is 12. The Morgan fingerprint density at radius 3 is 2.06 bits per heavy atom. The summed E-state index contributed by atoms with van der Waals surface area (Å²) in [5.41, 5.74) is 5.67. The van der Waals surface area contributed by atoms with Crippen molar-refractivity contribution < 1.29 is 58.0 Å².